The highest BCUT2D eigenvalue weighted by Crippen LogP contribution is 2.29. The SMILES string of the molecule is Cc1ccc(-c2nc(-c3ccc(S(=O)(=O)N4CCCCC4)cc3)no2)s1. The van der Waals surface area contributed by atoms with Crippen LogP contribution in [0.5, 0.6) is 0 Å². The number of aromatic nitrogens is 2. The second-order valence-corrected chi connectivity index (χ2v) is 9.55. The molecule has 0 amide bonds. The van der Waals surface area contributed by atoms with Crippen molar-refractivity contribution >= 4 is 21.4 Å². The molecule has 0 unspecified atom stereocenters. The molecule has 0 bridgehead atoms. The summed E-state index contributed by atoms with van der Waals surface area (Å²) in [6.45, 7) is 3.21. The smallest absolute Gasteiger partial charge is 0.268 e. The molecule has 1 aliphatic heterocycles. The predicted octanol–water partition coefficient (Wildman–Crippen LogP) is 3.95. The number of hydrogen-bond acceptors (Lipinski definition) is 6. The van der Waals surface area contributed by atoms with Crippen LogP contribution in [0.3, 0.4) is 0 Å². The summed E-state index contributed by atoms with van der Waals surface area (Å²) in [7, 11) is -3.43. The van der Waals surface area contributed by atoms with Gasteiger partial charge in [0.15, 0.2) is 0 Å². The molecule has 3 aromatic rings. The van der Waals surface area contributed by atoms with E-state index in [0.29, 0.717) is 29.7 Å². The van der Waals surface area contributed by atoms with Crippen molar-refractivity contribution in [3.8, 4) is 22.2 Å². The number of benzene rings is 1. The van der Waals surface area contributed by atoms with Crippen LogP contribution in [0, 0.1) is 6.92 Å². The summed E-state index contributed by atoms with van der Waals surface area (Å²) in [4.78, 5) is 6.82. The van der Waals surface area contributed by atoms with Gasteiger partial charge in [-0.3, -0.25) is 0 Å². The van der Waals surface area contributed by atoms with Gasteiger partial charge in [0.2, 0.25) is 15.8 Å². The van der Waals surface area contributed by atoms with Crippen molar-refractivity contribution in [1.82, 2.24) is 14.4 Å². The van der Waals surface area contributed by atoms with Gasteiger partial charge in [0.05, 0.1) is 9.77 Å². The van der Waals surface area contributed by atoms with E-state index in [4.69, 9.17) is 4.52 Å². The van der Waals surface area contributed by atoms with Crippen LogP contribution >= 0.6 is 11.3 Å². The van der Waals surface area contributed by atoms with E-state index in [1.807, 2.05) is 19.1 Å². The molecule has 1 aromatic carbocycles. The van der Waals surface area contributed by atoms with Crippen LogP contribution in [-0.4, -0.2) is 36.0 Å². The molecule has 26 heavy (non-hydrogen) atoms. The molecule has 0 N–H and O–H groups in total. The summed E-state index contributed by atoms with van der Waals surface area (Å²) in [6, 6.07) is 10.6. The lowest BCUT2D eigenvalue weighted by atomic mass is 10.2. The molecule has 2 aromatic heterocycles. The average Bonchev–Trinajstić information content (AvgIpc) is 3.32. The molecule has 0 saturated carbocycles. The highest BCUT2D eigenvalue weighted by Gasteiger charge is 2.26. The average molecular weight is 390 g/mol. The van der Waals surface area contributed by atoms with Crippen molar-refractivity contribution in [3.63, 3.8) is 0 Å². The number of piperidine rings is 1. The third kappa shape index (κ3) is 3.32. The van der Waals surface area contributed by atoms with Crippen molar-refractivity contribution < 1.29 is 12.9 Å². The van der Waals surface area contributed by atoms with Gasteiger partial charge in [-0.15, -0.1) is 11.3 Å². The Morgan fingerprint density at radius 1 is 1.04 bits per heavy atom. The number of aryl methyl sites for hydroxylation is 1. The second kappa shape index (κ2) is 6.94. The molecular weight excluding hydrogens is 370 g/mol. The molecule has 1 fully saturated rings. The van der Waals surface area contributed by atoms with E-state index in [1.165, 1.54) is 4.88 Å². The van der Waals surface area contributed by atoms with Crippen LogP contribution in [0.1, 0.15) is 24.1 Å². The van der Waals surface area contributed by atoms with Gasteiger partial charge in [-0.05, 0) is 56.2 Å². The maximum atomic E-state index is 12.7. The number of hydrogen-bond donors (Lipinski definition) is 0. The van der Waals surface area contributed by atoms with Gasteiger partial charge in [0.1, 0.15) is 0 Å². The number of rotatable bonds is 4. The summed E-state index contributed by atoms with van der Waals surface area (Å²) in [5, 5.41) is 4.01. The lowest BCUT2D eigenvalue weighted by molar-refractivity contribution is 0.346. The molecule has 1 saturated heterocycles. The third-order valence-corrected chi connectivity index (χ3v) is 7.34. The van der Waals surface area contributed by atoms with Gasteiger partial charge in [-0.25, -0.2) is 8.42 Å². The first-order chi connectivity index (χ1) is 12.5. The van der Waals surface area contributed by atoms with Crippen LogP contribution in [0.15, 0.2) is 45.8 Å². The normalized spacial score (nSPS) is 16.0. The van der Waals surface area contributed by atoms with Gasteiger partial charge in [-0.2, -0.15) is 9.29 Å². The molecule has 0 atom stereocenters. The zero-order valence-corrected chi connectivity index (χ0v) is 16.0. The second-order valence-electron chi connectivity index (χ2n) is 6.32. The lowest BCUT2D eigenvalue weighted by Gasteiger charge is -2.25. The zero-order chi connectivity index (χ0) is 18.1. The minimum absolute atomic E-state index is 0.306. The maximum Gasteiger partial charge on any atom is 0.268 e. The van der Waals surface area contributed by atoms with Crippen LogP contribution in [0.2, 0.25) is 0 Å². The fraction of sp³-hybridized carbons (Fsp3) is 0.333. The molecule has 4 rings (SSSR count). The van der Waals surface area contributed by atoms with Gasteiger partial charge >= 0.3 is 0 Å². The van der Waals surface area contributed by atoms with Crippen molar-refractivity contribution in [1.29, 1.82) is 0 Å². The van der Waals surface area contributed by atoms with Crippen LogP contribution in [0.25, 0.3) is 22.2 Å². The van der Waals surface area contributed by atoms with Gasteiger partial charge in [0.25, 0.3) is 5.89 Å². The minimum Gasteiger partial charge on any atom is -0.333 e. The van der Waals surface area contributed by atoms with E-state index >= 15 is 0 Å². The zero-order valence-electron chi connectivity index (χ0n) is 14.4. The lowest BCUT2D eigenvalue weighted by Crippen LogP contribution is -2.35. The quantitative estimate of drug-likeness (QED) is 0.675. The Kier molecular flexibility index (Phi) is 4.64. The van der Waals surface area contributed by atoms with E-state index in [-0.39, 0.29) is 0 Å². The van der Waals surface area contributed by atoms with Gasteiger partial charge < -0.3 is 4.52 Å². The topological polar surface area (TPSA) is 76.3 Å². The van der Waals surface area contributed by atoms with Crippen LogP contribution in [-0.2, 0) is 10.0 Å². The van der Waals surface area contributed by atoms with E-state index < -0.39 is 10.0 Å². The first kappa shape index (κ1) is 17.4. The summed E-state index contributed by atoms with van der Waals surface area (Å²) in [6.07, 6.45) is 2.94. The molecule has 6 nitrogen and oxygen atoms in total. The Morgan fingerprint density at radius 3 is 2.42 bits per heavy atom. The Hall–Kier alpha value is -2.03. The summed E-state index contributed by atoms with van der Waals surface area (Å²) >= 11 is 1.59. The molecular formula is C18H19N3O3S2. The molecule has 3 heterocycles. The molecule has 1 aliphatic rings. The number of thiophene rings is 1. The van der Waals surface area contributed by atoms with Crippen molar-refractivity contribution in [2.45, 2.75) is 31.1 Å². The molecule has 136 valence electrons. The molecule has 0 aliphatic carbocycles. The summed E-state index contributed by atoms with van der Waals surface area (Å²) < 4.78 is 32.3. The highest BCUT2D eigenvalue weighted by molar-refractivity contribution is 7.89. The monoisotopic (exact) mass is 389 g/mol. The minimum atomic E-state index is -3.43. The standard InChI is InChI=1S/C18H19N3O3S2/c1-13-5-10-16(25-13)18-19-17(20-24-18)14-6-8-15(9-7-14)26(22,23)21-11-3-2-4-12-21/h5-10H,2-4,11-12H2,1H3. The van der Waals surface area contributed by atoms with E-state index in [9.17, 15) is 8.42 Å². The van der Waals surface area contributed by atoms with Crippen LogP contribution in [0.4, 0.5) is 0 Å². The van der Waals surface area contributed by atoms with E-state index in [2.05, 4.69) is 10.1 Å². The van der Waals surface area contributed by atoms with E-state index in [1.54, 1.807) is 39.9 Å². The first-order valence-electron chi connectivity index (χ1n) is 8.55. The molecule has 0 radical (unpaired) electrons. The predicted molar refractivity (Wildman–Crippen MR) is 100 cm³/mol. The van der Waals surface area contributed by atoms with Gasteiger partial charge in [-0.1, -0.05) is 11.6 Å². The van der Waals surface area contributed by atoms with E-state index in [0.717, 1.165) is 29.7 Å². The Morgan fingerprint density at radius 2 is 1.77 bits per heavy atom. The Balaban J connectivity index is 1.57. The largest absolute Gasteiger partial charge is 0.333 e. The fourth-order valence-corrected chi connectivity index (χ4v) is 5.33. The van der Waals surface area contributed by atoms with Crippen molar-refractivity contribution in [2.24, 2.45) is 0 Å². The van der Waals surface area contributed by atoms with Gasteiger partial charge in [0, 0.05) is 23.5 Å². The highest BCUT2D eigenvalue weighted by atomic mass is 32.2. The summed E-state index contributed by atoms with van der Waals surface area (Å²) in [5.41, 5.74) is 0.728. The Labute approximate surface area is 156 Å². The van der Waals surface area contributed by atoms with Crippen LogP contribution < -0.4 is 0 Å². The van der Waals surface area contributed by atoms with Crippen molar-refractivity contribution in [2.75, 3.05) is 13.1 Å². The first-order valence-corrected chi connectivity index (χ1v) is 10.8. The molecule has 8 heteroatoms. The molecule has 0 spiro atoms. The number of nitrogens with zero attached hydrogens (tertiary/aromatic N) is 3. The van der Waals surface area contributed by atoms with Crippen molar-refractivity contribution in [3.05, 3.63) is 41.3 Å². The third-order valence-electron chi connectivity index (χ3n) is 4.44. The Bertz CT molecular complexity index is 1000. The fourth-order valence-electron chi connectivity index (χ4n) is 3.02. The number of sulfonamides is 1. The summed E-state index contributed by atoms with van der Waals surface area (Å²) in [5.74, 6) is 0.927. The maximum absolute atomic E-state index is 12.7.